The van der Waals surface area contributed by atoms with Gasteiger partial charge in [-0.15, -0.1) is 0 Å². The Morgan fingerprint density at radius 2 is 1.85 bits per heavy atom. The molecule has 0 saturated carbocycles. The smallest absolute Gasteiger partial charge is 0.246 e. The molecule has 0 spiro atoms. The Kier molecular flexibility index (Phi) is 6.04. The van der Waals surface area contributed by atoms with Gasteiger partial charge in [0.05, 0.1) is 20.8 Å². The first-order valence-corrected chi connectivity index (χ1v) is 8.54. The maximum Gasteiger partial charge on any atom is 0.246 e. The number of amides is 1. The van der Waals surface area contributed by atoms with Crippen molar-refractivity contribution in [2.24, 2.45) is 0 Å². The highest BCUT2D eigenvalue weighted by Crippen LogP contribution is 2.19. The Balaban J connectivity index is 1.49. The Hall–Kier alpha value is -3.35. The zero-order valence-corrected chi connectivity index (χ0v) is 15.3. The van der Waals surface area contributed by atoms with E-state index in [2.05, 4.69) is 15.5 Å². The van der Waals surface area contributed by atoms with Gasteiger partial charge < -0.3 is 19.3 Å². The second-order valence-corrected chi connectivity index (χ2v) is 5.87. The summed E-state index contributed by atoms with van der Waals surface area (Å²) < 4.78 is 15.5. The molecule has 0 aliphatic carbocycles. The van der Waals surface area contributed by atoms with Gasteiger partial charge in [0.2, 0.25) is 17.6 Å². The van der Waals surface area contributed by atoms with Crippen molar-refractivity contribution < 1.29 is 18.8 Å². The van der Waals surface area contributed by atoms with E-state index < -0.39 is 0 Å². The van der Waals surface area contributed by atoms with Crippen LogP contribution < -0.4 is 14.8 Å². The summed E-state index contributed by atoms with van der Waals surface area (Å²) in [6, 6.07) is 15.0. The highest BCUT2D eigenvalue weighted by molar-refractivity contribution is 5.76. The molecule has 7 heteroatoms. The Morgan fingerprint density at radius 1 is 1.07 bits per heavy atom. The van der Waals surface area contributed by atoms with Gasteiger partial charge >= 0.3 is 0 Å². The molecule has 0 bridgehead atoms. The molecule has 0 atom stereocenters. The number of carbonyl (C=O) groups is 1. The number of hydrogen-bond donors (Lipinski definition) is 1. The summed E-state index contributed by atoms with van der Waals surface area (Å²) in [6.45, 7) is 0.195. The normalized spacial score (nSPS) is 10.4. The van der Waals surface area contributed by atoms with Gasteiger partial charge in [0.1, 0.15) is 11.5 Å². The number of carbonyl (C=O) groups excluding carboxylic acids is 1. The van der Waals surface area contributed by atoms with E-state index in [9.17, 15) is 4.79 Å². The van der Waals surface area contributed by atoms with Crippen molar-refractivity contribution in [3.05, 3.63) is 60.0 Å². The number of rotatable bonds is 8. The molecule has 0 unspecified atom stereocenters. The molecular weight excluding hydrogens is 346 g/mol. The molecule has 3 rings (SSSR count). The van der Waals surface area contributed by atoms with Crippen molar-refractivity contribution in [1.82, 2.24) is 15.5 Å². The van der Waals surface area contributed by atoms with Gasteiger partial charge in [-0.1, -0.05) is 17.3 Å². The zero-order valence-electron chi connectivity index (χ0n) is 15.3. The first-order chi connectivity index (χ1) is 13.2. The van der Waals surface area contributed by atoms with Crippen LogP contribution in [0.4, 0.5) is 0 Å². The van der Waals surface area contributed by atoms with Gasteiger partial charge in [0.15, 0.2) is 0 Å². The van der Waals surface area contributed by atoms with E-state index >= 15 is 0 Å². The molecular formula is C20H21N3O4. The third kappa shape index (κ3) is 5.07. The topological polar surface area (TPSA) is 86.5 Å². The summed E-state index contributed by atoms with van der Waals surface area (Å²) >= 11 is 0. The molecule has 0 fully saturated rings. The molecule has 1 amide bonds. The Labute approximate surface area is 157 Å². The second kappa shape index (κ2) is 8.84. The minimum absolute atomic E-state index is 0.0815. The molecule has 140 valence electrons. The molecule has 3 aromatic rings. The average Bonchev–Trinajstić information content (AvgIpc) is 3.20. The SMILES string of the molecule is COc1ccc(-c2noc(CNC(=O)CCc3cccc(OC)c3)n2)cc1. The van der Waals surface area contributed by atoms with Crippen LogP contribution in [0.25, 0.3) is 11.4 Å². The lowest BCUT2D eigenvalue weighted by Crippen LogP contribution is -2.23. The molecule has 1 aromatic heterocycles. The summed E-state index contributed by atoms with van der Waals surface area (Å²) in [5.41, 5.74) is 1.86. The van der Waals surface area contributed by atoms with Crippen LogP contribution in [-0.2, 0) is 17.8 Å². The fraction of sp³-hybridized carbons (Fsp3) is 0.250. The van der Waals surface area contributed by atoms with Crippen LogP contribution in [0.1, 0.15) is 17.9 Å². The van der Waals surface area contributed by atoms with Crippen molar-refractivity contribution in [2.45, 2.75) is 19.4 Å². The Bertz CT molecular complexity index is 890. The van der Waals surface area contributed by atoms with E-state index in [-0.39, 0.29) is 12.5 Å². The van der Waals surface area contributed by atoms with Crippen molar-refractivity contribution in [1.29, 1.82) is 0 Å². The lowest BCUT2D eigenvalue weighted by atomic mass is 10.1. The summed E-state index contributed by atoms with van der Waals surface area (Å²) in [6.07, 6.45) is 0.997. The minimum atomic E-state index is -0.0815. The van der Waals surface area contributed by atoms with Crippen LogP contribution in [0.15, 0.2) is 53.1 Å². The number of benzene rings is 2. The average molecular weight is 367 g/mol. The summed E-state index contributed by atoms with van der Waals surface area (Å²) in [5, 5.41) is 6.73. The molecule has 0 saturated heterocycles. The highest BCUT2D eigenvalue weighted by atomic mass is 16.5. The van der Waals surface area contributed by atoms with Crippen molar-refractivity contribution >= 4 is 5.91 Å². The monoisotopic (exact) mass is 367 g/mol. The summed E-state index contributed by atoms with van der Waals surface area (Å²) in [5.74, 6) is 2.28. The molecule has 7 nitrogen and oxygen atoms in total. The van der Waals surface area contributed by atoms with Gasteiger partial charge in [-0.25, -0.2) is 0 Å². The first kappa shape index (κ1) is 18.4. The van der Waals surface area contributed by atoms with E-state index in [0.29, 0.717) is 24.6 Å². The number of nitrogens with one attached hydrogen (secondary N) is 1. The predicted molar refractivity (Wildman–Crippen MR) is 99.4 cm³/mol. The highest BCUT2D eigenvalue weighted by Gasteiger charge is 2.10. The van der Waals surface area contributed by atoms with Gasteiger partial charge in [0, 0.05) is 12.0 Å². The standard InChI is InChI=1S/C20H21N3O4/c1-25-16-9-7-15(8-10-16)20-22-19(27-23-20)13-21-18(24)11-6-14-4-3-5-17(12-14)26-2/h3-5,7-10,12H,6,11,13H2,1-2H3,(H,21,24). The largest absolute Gasteiger partial charge is 0.497 e. The fourth-order valence-electron chi connectivity index (χ4n) is 2.53. The van der Waals surface area contributed by atoms with Crippen LogP contribution >= 0.6 is 0 Å². The summed E-state index contributed by atoms with van der Waals surface area (Å²) in [4.78, 5) is 16.3. The molecule has 0 aliphatic heterocycles. The molecule has 0 radical (unpaired) electrons. The number of aryl methyl sites for hydroxylation is 1. The van der Waals surface area contributed by atoms with Crippen molar-refractivity contribution in [2.75, 3.05) is 14.2 Å². The van der Waals surface area contributed by atoms with E-state index in [1.165, 1.54) is 0 Å². The lowest BCUT2D eigenvalue weighted by Gasteiger charge is -2.05. The first-order valence-electron chi connectivity index (χ1n) is 8.54. The molecule has 1 heterocycles. The molecule has 27 heavy (non-hydrogen) atoms. The van der Waals surface area contributed by atoms with E-state index in [0.717, 1.165) is 22.6 Å². The molecule has 1 N–H and O–H groups in total. The third-order valence-corrected chi connectivity index (χ3v) is 4.03. The van der Waals surface area contributed by atoms with Gasteiger partial charge in [-0.2, -0.15) is 4.98 Å². The fourth-order valence-corrected chi connectivity index (χ4v) is 2.53. The number of methoxy groups -OCH3 is 2. The van der Waals surface area contributed by atoms with Gasteiger partial charge in [-0.3, -0.25) is 4.79 Å². The maximum absolute atomic E-state index is 12.0. The van der Waals surface area contributed by atoms with Gasteiger partial charge in [-0.05, 0) is 48.4 Å². The maximum atomic E-state index is 12.0. The molecule has 0 aliphatic rings. The minimum Gasteiger partial charge on any atom is -0.497 e. The van der Waals surface area contributed by atoms with Crippen LogP contribution in [0.2, 0.25) is 0 Å². The van der Waals surface area contributed by atoms with Crippen molar-refractivity contribution in [3.8, 4) is 22.9 Å². The van der Waals surface area contributed by atoms with Gasteiger partial charge in [0.25, 0.3) is 0 Å². The van der Waals surface area contributed by atoms with Crippen LogP contribution in [0.3, 0.4) is 0 Å². The number of nitrogens with zero attached hydrogens (tertiary/aromatic N) is 2. The number of ether oxygens (including phenoxy) is 2. The number of hydrogen-bond acceptors (Lipinski definition) is 6. The lowest BCUT2D eigenvalue weighted by molar-refractivity contribution is -0.121. The van der Waals surface area contributed by atoms with E-state index in [1.54, 1.807) is 14.2 Å². The number of aromatic nitrogens is 2. The Morgan fingerprint density at radius 3 is 2.59 bits per heavy atom. The van der Waals surface area contributed by atoms with E-state index in [1.807, 2.05) is 48.5 Å². The third-order valence-electron chi connectivity index (χ3n) is 4.03. The predicted octanol–water partition coefficient (Wildman–Crippen LogP) is 3.00. The summed E-state index contributed by atoms with van der Waals surface area (Å²) in [7, 11) is 3.23. The van der Waals surface area contributed by atoms with Crippen LogP contribution in [0, 0.1) is 0 Å². The van der Waals surface area contributed by atoms with Crippen molar-refractivity contribution in [3.63, 3.8) is 0 Å². The van der Waals surface area contributed by atoms with E-state index in [4.69, 9.17) is 14.0 Å². The quantitative estimate of drug-likeness (QED) is 0.659. The zero-order chi connectivity index (χ0) is 19.1. The molecule has 2 aromatic carbocycles. The van der Waals surface area contributed by atoms with Crippen LogP contribution in [0.5, 0.6) is 11.5 Å². The second-order valence-electron chi connectivity index (χ2n) is 5.87. The van der Waals surface area contributed by atoms with Crippen LogP contribution in [-0.4, -0.2) is 30.3 Å².